The van der Waals surface area contributed by atoms with Gasteiger partial charge in [-0.1, -0.05) is 0 Å². The molecular formula is C18H21N5O2S. The third-order valence-electron chi connectivity index (χ3n) is 5.44. The zero-order valence-corrected chi connectivity index (χ0v) is 15.4. The summed E-state index contributed by atoms with van der Waals surface area (Å²) in [4.78, 5) is 37.4. The van der Waals surface area contributed by atoms with E-state index >= 15 is 0 Å². The molecule has 0 aliphatic heterocycles. The molecule has 8 heteroatoms. The summed E-state index contributed by atoms with van der Waals surface area (Å²) < 4.78 is 0. The molecule has 2 heterocycles. The van der Waals surface area contributed by atoms with Gasteiger partial charge in [-0.25, -0.2) is 9.97 Å². The van der Waals surface area contributed by atoms with Crippen LogP contribution >= 0.6 is 11.3 Å². The Bertz CT molecular complexity index is 839. The largest absolute Gasteiger partial charge is 0.345 e. The third kappa shape index (κ3) is 3.21. The van der Waals surface area contributed by atoms with E-state index in [9.17, 15) is 9.59 Å². The highest BCUT2D eigenvalue weighted by atomic mass is 32.1. The van der Waals surface area contributed by atoms with Crippen molar-refractivity contribution in [3.63, 3.8) is 0 Å². The topological polar surface area (TPSA) is 96.9 Å². The van der Waals surface area contributed by atoms with Crippen molar-refractivity contribution in [2.24, 2.45) is 0 Å². The van der Waals surface area contributed by atoms with Gasteiger partial charge in [-0.05, 0) is 45.4 Å². The van der Waals surface area contributed by atoms with E-state index < -0.39 is 0 Å². The van der Waals surface area contributed by atoms with Gasteiger partial charge in [0.15, 0.2) is 5.01 Å². The molecule has 7 nitrogen and oxygen atoms in total. The Kier molecular flexibility index (Phi) is 4.22. The summed E-state index contributed by atoms with van der Waals surface area (Å²) in [5.41, 5.74) is 0.647. The number of hydrogen-bond donors (Lipinski definition) is 2. The summed E-state index contributed by atoms with van der Waals surface area (Å²) in [5.74, 6) is -0.307. The number of aryl methyl sites for hydroxylation is 1. The van der Waals surface area contributed by atoms with Crippen molar-refractivity contribution < 1.29 is 9.59 Å². The molecule has 2 aliphatic carbocycles. The first kappa shape index (κ1) is 17.1. The molecule has 2 saturated carbocycles. The Morgan fingerprint density at radius 1 is 1.08 bits per heavy atom. The van der Waals surface area contributed by atoms with Crippen molar-refractivity contribution in [2.75, 3.05) is 0 Å². The van der Waals surface area contributed by atoms with E-state index in [0.717, 1.165) is 44.2 Å². The monoisotopic (exact) mass is 371 g/mol. The molecule has 2 amide bonds. The van der Waals surface area contributed by atoms with Crippen molar-refractivity contribution in [2.45, 2.75) is 56.5 Å². The number of nitrogens with zero attached hydrogens (tertiary/aromatic N) is 3. The summed E-state index contributed by atoms with van der Waals surface area (Å²) in [5, 5.41) is 8.78. The standard InChI is InChI=1S/C18H21N5O2S/c1-12-10-26-16(21-12)15(25)23-18-4-2-3-17(11-18,5-6-18)22-14(24)13-9-19-7-8-20-13/h7-10H,2-6,11H2,1H3,(H,22,24)(H,23,25)/t17?,18-/m0/s1. The SMILES string of the molecule is Cc1csc(C(=O)N[C@@]23CCCC(NC(=O)c4cnccn4)(CC2)C3)n1. The van der Waals surface area contributed by atoms with Crippen molar-refractivity contribution in [1.29, 1.82) is 0 Å². The minimum absolute atomic E-state index is 0.110. The molecule has 0 saturated heterocycles. The van der Waals surface area contributed by atoms with E-state index in [1.807, 2.05) is 12.3 Å². The highest BCUT2D eigenvalue weighted by Gasteiger charge is 2.52. The van der Waals surface area contributed by atoms with Crippen LogP contribution in [0.3, 0.4) is 0 Å². The Morgan fingerprint density at radius 2 is 1.81 bits per heavy atom. The van der Waals surface area contributed by atoms with Crippen LogP contribution in [0, 0.1) is 6.92 Å². The average Bonchev–Trinajstić information content (AvgIpc) is 3.17. The molecule has 2 aromatic rings. The fourth-order valence-corrected chi connectivity index (χ4v) is 5.00. The lowest BCUT2D eigenvalue weighted by molar-refractivity contribution is 0.0829. The normalized spacial score (nSPS) is 27.1. The number of aromatic nitrogens is 3. The molecule has 1 unspecified atom stereocenters. The molecule has 2 N–H and O–H groups in total. The maximum absolute atomic E-state index is 12.6. The van der Waals surface area contributed by atoms with Crippen molar-refractivity contribution >= 4 is 23.2 Å². The van der Waals surface area contributed by atoms with Gasteiger partial charge in [-0.2, -0.15) is 0 Å². The molecule has 2 bridgehead atoms. The first-order valence-corrected chi connectivity index (χ1v) is 9.71. The molecule has 0 aromatic carbocycles. The summed E-state index contributed by atoms with van der Waals surface area (Å²) in [6.07, 6.45) is 9.84. The second-order valence-electron chi connectivity index (χ2n) is 7.38. The Hall–Kier alpha value is -2.35. The number of hydrogen-bond acceptors (Lipinski definition) is 6. The van der Waals surface area contributed by atoms with E-state index in [1.54, 1.807) is 6.20 Å². The van der Waals surface area contributed by atoms with E-state index in [2.05, 4.69) is 25.6 Å². The number of carbonyl (C=O) groups is 2. The maximum Gasteiger partial charge on any atom is 0.280 e. The minimum Gasteiger partial charge on any atom is -0.345 e. The number of nitrogens with one attached hydrogen (secondary N) is 2. The van der Waals surface area contributed by atoms with Crippen LogP contribution in [0.5, 0.6) is 0 Å². The van der Waals surface area contributed by atoms with Crippen molar-refractivity contribution in [1.82, 2.24) is 25.6 Å². The molecule has 2 aliphatic rings. The Balaban J connectivity index is 1.47. The van der Waals surface area contributed by atoms with Crippen LogP contribution < -0.4 is 10.6 Å². The van der Waals surface area contributed by atoms with Gasteiger partial charge in [-0.3, -0.25) is 14.6 Å². The van der Waals surface area contributed by atoms with Gasteiger partial charge in [0.2, 0.25) is 0 Å². The van der Waals surface area contributed by atoms with Gasteiger partial charge in [0.25, 0.3) is 11.8 Å². The van der Waals surface area contributed by atoms with Crippen LogP contribution in [0.4, 0.5) is 0 Å². The highest BCUT2D eigenvalue weighted by Crippen LogP contribution is 2.48. The average molecular weight is 371 g/mol. The van der Waals surface area contributed by atoms with Crippen LogP contribution in [0.2, 0.25) is 0 Å². The summed E-state index contributed by atoms with van der Waals surface area (Å²) in [7, 11) is 0. The molecular weight excluding hydrogens is 350 g/mol. The van der Waals surface area contributed by atoms with Gasteiger partial charge >= 0.3 is 0 Å². The predicted molar refractivity (Wildman–Crippen MR) is 97.0 cm³/mol. The van der Waals surface area contributed by atoms with E-state index in [-0.39, 0.29) is 22.9 Å². The molecule has 136 valence electrons. The van der Waals surface area contributed by atoms with Crippen LogP contribution in [-0.2, 0) is 0 Å². The lowest BCUT2D eigenvalue weighted by Gasteiger charge is -2.40. The Labute approximate surface area is 155 Å². The predicted octanol–water partition coefficient (Wildman–Crippen LogP) is 2.25. The van der Waals surface area contributed by atoms with E-state index in [4.69, 9.17) is 0 Å². The smallest absolute Gasteiger partial charge is 0.280 e. The number of carbonyl (C=O) groups excluding carboxylic acids is 2. The highest BCUT2D eigenvalue weighted by molar-refractivity contribution is 7.11. The summed E-state index contributed by atoms with van der Waals surface area (Å²) >= 11 is 1.37. The molecule has 4 rings (SSSR count). The van der Waals surface area contributed by atoms with Crippen LogP contribution in [0.15, 0.2) is 24.0 Å². The van der Waals surface area contributed by atoms with Gasteiger partial charge in [0.05, 0.1) is 6.20 Å². The minimum atomic E-state index is -0.279. The van der Waals surface area contributed by atoms with Crippen molar-refractivity contribution in [3.8, 4) is 0 Å². The Morgan fingerprint density at radius 3 is 2.42 bits per heavy atom. The fourth-order valence-electron chi connectivity index (χ4n) is 4.31. The zero-order valence-electron chi connectivity index (χ0n) is 14.6. The van der Waals surface area contributed by atoms with Crippen molar-refractivity contribution in [3.05, 3.63) is 40.4 Å². The lowest BCUT2D eigenvalue weighted by Crippen LogP contribution is -2.55. The molecule has 26 heavy (non-hydrogen) atoms. The molecule has 2 atom stereocenters. The number of amides is 2. The second kappa shape index (κ2) is 6.42. The fraction of sp³-hybridized carbons (Fsp3) is 0.500. The molecule has 2 fully saturated rings. The van der Waals surface area contributed by atoms with Gasteiger partial charge < -0.3 is 10.6 Å². The third-order valence-corrected chi connectivity index (χ3v) is 6.39. The first-order valence-electron chi connectivity index (χ1n) is 8.83. The molecule has 0 spiro atoms. The van der Waals surface area contributed by atoms with Gasteiger partial charge in [0, 0.05) is 34.5 Å². The second-order valence-corrected chi connectivity index (χ2v) is 8.24. The molecule has 0 radical (unpaired) electrons. The lowest BCUT2D eigenvalue weighted by atomic mass is 9.78. The number of rotatable bonds is 4. The number of thiazole rings is 1. The molecule has 2 aromatic heterocycles. The first-order chi connectivity index (χ1) is 12.5. The number of fused-ring (bicyclic) bond motifs is 2. The summed E-state index contributed by atoms with van der Waals surface area (Å²) in [6.45, 7) is 1.88. The van der Waals surface area contributed by atoms with E-state index in [1.165, 1.54) is 23.7 Å². The van der Waals surface area contributed by atoms with Gasteiger partial charge in [0.1, 0.15) is 5.69 Å². The zero-order chi connectivity index (χ0) is 18.2. The maximum atomic E-state index is 12.6. The van der Waals surface area contributed by atoms with Gasteiger partial charge in [-0.15, -0.1) is 11.3 Å². The van der Waals surface area contributed by atoms with Crippen LogP contribution in [-0.4, -0.2) is 37.8 Å². The van der Waals surface area contributed by atoms with Crippen LogP contribution in [0.25, 0.3) is 0 Å². The van der Waals surface area contributed by atoms with E-state index in [0.29, 0.717) is 10.7 Å². The van der Waals surface area contributed by atoms with Crippen LogP contribution in [0.1, 0.15) is 64.5 Å². The quantitative estimate of drug-likeness (QED) is 0.859. The summed E-state index contributed by atoms with van der Waals surface area (Å²) in [6, 6.07) is 0.